The maximum Gasteiger partial charge on any atom is 0.0359 e. The molecule has 0 aromatic rings. The molecule has 2 nitrogen and oxygen atoms in total. The number of likely N-dealkylation sites (N-methyl/N-ethyl adjacent to an activating group) is 1. The standard InChI is InChI=1S/C14H30N2/c1-6-12(3)16(5)14(10-15)9-7-8-11(2)13(14)4/h11-13H,6-10,15H2,1-5H3. The average Bonchev–Trinajstić information content (AvgIpc) is 2.31. The molecule has 16 heavy (non-hydrogen) atoms. The van der Waals surface area contributed by atoms with E-state index >= 15 is 0 Å². The minimum Gasteiger partial charge on any atom is -0.329 e. The van der Waals surface area contributed by atoms with Gasteiger partial charge in [-0.25, -0.2) is 0 Å². The molecular weight excluding hydrogens is 196 g/mol. The van der Waals surface area contributed by atoms with Crippen LogP contribution < -0.4 is 5.73 Å². The Kier molecular flexibility index (Phi) is 4.81. The second-order valence-corrected chi connectivity index (χ2v) is 5.83. The molecule has 4 unspecified atom stereocenters. The van der Waals surface area contributed by atoms with Crippen molar-refractivity contribution in [2.24, 2.45) is 17.6 Å². The normalized spacial score (nSPS) is 37.7. The topological polar surface area (TPSA) is 29.3 Å². The van der Waals surface area contributed by atoms with Gasteiger partial charge in [-0.2, -0.15) is 0 Å². The summed E-state index contributed by atoms with van der Waals surface area (Å²) < 4.78 is 0. The summed E-state index contributed by atoms with van der Waals surface area (Å²) in [6, 6.07) is 0.635. The molecule has 1 saturated carbocycles. The first kappa shape index (κ1) is 14.0. The van der Waals surface area contributed by atoms with Gasteiger partial charge in [0, 0.05) is 18.1 Å². The van der Waals surface area contributed by atoms with E-state index in [-0.39, 0.29) is 5.54 Å². The van der Waals surface area contributed by atoms with E-state index in [1.807, 2.05) is 0 Å². The smallest absolute Gasteiger partial charge is 0.0359 e. The first-order valence-corrected chi connectivity index (χ1v) is 6.92. The largest absolute Gasteiger partial charge is 0.329 e. The van der Waals surface area contributed by atoms with E-state index < -0.39 is 0 Å². The van der Waals surface area contributed by atoms with Crippen LogP contribution in [-0.2, 0) is 0 Å². The highest BCUT2D eigenvalue weighted by atomic mass is 15.2. The van der Waals surface area contributed by atoms with Gasteiger partial charge in [0.2, 0.25) is 0 Å². The van der Waals surface area contributed by atoms with Crippen LogP contribution in [0.1, 0.15) is 53.4 Å². The zero-order valence-electron chi connectivity index (χ0n) is 11.8. The molecule has 0 spiro atoms. The van der Waals surface area contributed by atoms with Crippen molar-refractivity contribution in [3.05, 3.63) is 0 Å². The van der Waals surface area contributed by atoms with E-state index in [0.29, 0.717) is 12.0 Å². The lowest BCUT2D eigenvalue weighted by molar-refractivity contribution is -0.0166. The predicted molar refractivity (Wildman–Crippen MR) is 71.5 cm³/mol. The van der Waals surface area contributed by atoms with Crippen LogP contribution in [0.25, 0.3) is 0 Å². The molecule has 0 amide bonds. The van der Waals surface area contributed by atoms with Gasteiger partial charge in [-0.05, 0) is 38.6 Å². The summed E-state index contributed by atoms with van der Waals surface area (Å²) in [7, 11) is 2.27. The Balaban J connectivity index is 2.90. The van der Waals surface area contributed by atoms with Gasteiger partial charge >= 0.3 is 0 Å². The fraction of sp³-hybridized carbons (Fsp3) is 1.00. The maximum atomic E-state index is 6.14. The van der Waals surface area contributed by atoms with Crippen molar-refractivity contribution in [3.63, 3.8) is 0 Å². The minimum absolute atomic E-state index is 0.243. The fourth-order valence-corrected chi connectivity index (χ4v) is 3.38. The molecule has 0 radical (unpaired) electrons. The van der Waals surface area contributed by atoms with Crippen molar-refractivity contribution >= 4 is 0 Å². The number of nitrogens with two attached hydrogens (primary N) is 1. The predicted octanol–water partition coefficient (Wildman–Crippen LogP) is 2.87. The molecule has 1 rings (SSSR count). The number of hydrogen-bond donors (Lipinski definition) is 1. The Morgan fingerprint density at radius 2 is 2.06 bits per heavy atom. The van der Waals surface area contributed by atoms with Crippen LogP contribution in [0.5, 0.6) is 0 Å². The molecule has 4 atom stereocenters. The van der Waals surface area contributed by atoms with Gasteiger partial charge in [0.25, 0.3) is 0 Å². The van der Waals surface area contributed by atoms with Gasteiger partial charge in [-0.3, -0.25) is 4.90 Å². The molecule has 0 aromatic carbocycles. The summed E-state index contributed by atoms with van der Waals surface area (Å²) in [6.45, 7) is 10.2. The van der Waals surface area contributed by atoms with Gasteiger partial charge in [0.1, 0.15) is 0 Å². The summed E-state index contributed by atoms with van der Waals surface area (Å²) >= 11 is 0. The van der Waals surface area contributed by atoms with Crippen molar-refractivity contribution in [3.8, 4) is 0 Å². The highest BCUT2D eigenvalue weighted by Crippen LogP contribution is 2.41. The summed E-state index contributed by atoms with van der Waals surface area (Å²) in [5.41, 5.74) is 6.39. The van der Waals surface area contributed by atoms with Crippen LogP contribution in [-0.4, -0.2) is 30.1 Å². The van der Waals surface area contributed by atoms with Crippen molar-refractivity contribution in [1.82, 2.24) is 4.90 Å². The molecule has 1 fully saturated rings. The van der Waals surface area contributed by atoms with Crippen LogP contribution in [0.4, 0.5) is 0 Å². The SMILES string of the molecule is CCC(C)N(C)C1(CN)CCCC(C)C1C. The van der Waals surface area contributed by atoms with E-state index in [0.717, 1.165) is 12.5 Å². The summed E-state index contributed by atoms with van der Waals surface area (Å²) in [5.74, 6) is 1.52. The molecule has 0 saturated heterocycles. The molecule has 2 heteroatoms. The molecule has 96 valence electrons. The van der Waals surface area contributed by atoms with Gasteiger partial charge in [0.15, 0.2) is 0 Å². The Morgan fingerprint density at radius 3 is 2.56 bits per heavy atom. The van der Waals surface area contributed by atoms with Crippen molar-refractivity contribution < 1.29 is 0 Å². The number of nitrogens with zero attached hydrogens (tertiary/aromatic N) is 1. The van der Waals surface area contributed by atoms with Crippen LogP contribution >= 0.6 is 0 Å². The Hall–Kier alpha value is -0.0800. The summed E-state index contributed by atoms with van der Waals surface area (Å²) in [4.78, 5) is 2.56. The first-order valence-electron chi connectivity index (χ1n) is 6.92. The van der Waals surface area contributed by atoms with Crippen LogP contribution in [0.2, 0.25) is 0 Å². The van der Waals surface area contributed by atoms with Crippen molar-refractivity contribution in [2.45, 2.75) is 65.0 Å². The molecule has 1 aliphatic rings. The molecule has 0 aromatic heterocycles. The third-order valence-electron chi connectivity index (χ3n) is 5.28. The lowest BCUT2D eigenvalue weighted by Gasteiger charge is -2.53. The van der Waals surface area contributed by atoms with E-state index in [1.54, 1.807) is 0 Å². The van der Waals surface area contributed by atoms with Gasteiger partial charge in [0.05, 0.1) is 0 Å². The first-order chi connectivity index (χ1) is 7.49. The van der Waals surface area contributed by atoms with E-state index in [2.05, 4.69) is 39.6 Å². The molecule has 1 aliphatic carbocycles. The fourth-order valence-electron chi connectivity index (χ4n) is 3.38. The molecular formula is C14H30N2. The van der Waals surface area contributed by atoms with Crippen LogP contribution in [0.3, 0.4) is 0 Å². The third kappa shape index (κ3) is 2.28. The Labute approximate surface area is 102 Å². The molecule has 0 heterocycles. The zero-order valence-corrected chi connectivity index (χ0v) is 11.8. The summed E-state index contributed by atoms with van der Waals surface area (Å²) in [5, 5.41) is 0. The lowest BCUT2D eigenvalue weighted by Crippen LogP contribution is -2.61. The minimum atomic E-state index is 0.243. The summed E-state index contributed by atoms with van der Waals surface area (Å²) in [6.07, 6.45) is 5.19. The third-order valence-corrected chi connectivity index (χ3v) is 5.28. The van der Waals surface area contributed by atoms with Gasteiger partial charge in [-0.1, -0.05) is 33.6 Å². The highest BCUT2D eigenvalue weighted by Gasteiger charge is 2.44. The second kappa shape index (κ2) is 5.50. The second-order valence-electron chi connectivity index (χ2n) is 5.83. The van der Waals surface area contributed by atoms with Crippen molar-refractivity contribution in [2.75, 3.05) is 13.6 Å². The number of hydrogen-bond acceptors (Lipinski definition) is 2. The van der Waals surface area contributed by atoms with E-state index in [1.165, 1.54) is 25.7 Å². The Bertz CT molecular complexity index is 217. The molecule has 2 N–H and O–H groups in total. The highest BCUT2D eigenvalue weighted by molar-refractivity contribution is 5.00. The molecule has 0 bridgehead atoms. The maximum absolute atomic E-state index is 6.14. The quantitative estimate of drug-likeness (QED) is 0.798. The lowest BCUT2D eigenvalue weighted by atomic mass is 9.67. The van der Waals surface area contributed by atoms with E-state index in [4.69, 9.17) is 5.73 Å². The molecule has 0 aliphatic heterocycles. The van der Waals surface area contributed by atoms with Crippen LogP contribution in [0.15, 0.2) is 0 Å². The van der Waals surface area contributed by atoms with Gasteiger partial charge < -0.3 is 5.73 Å². The van der Waals surface area contributed by atoms with E-state index in [9.17, 15) is 0 Å². The van der Waals surface area contributed by atoms with Gasteiger partial charge in [-0.15, -0.1) is 0 Å². The monoisotopic (exact) mass is 226 g/mol. The zero-order chi connectivity index (χ0) is 12.3. The Morgan fingerprint density at radius 1 is 1.44 bits per heavy atom. The van der Waals surface area contributed by atoms with Crippen LogP contribution in [0, 0.1) is 11.8 Å². The van der Waals surface area contributed by atoms with Crippen molar-refractivity contribution in [1.29, 1.82) is 0 Å². The average molecular weight is 226 g/mol. The number of rotatable bonds is 4.